The molecule has 2 N–H and O–H groups in total. The molecule has 0 bridgehead atoms. The van der Waals surface area contributed by atoms with E-state index in [2.05, 4.69) is 6.92 Å². The van der Waals surface area contributed by atoms with E-state index in [9.17, 15) is 4.79 Å². The molecular formula is C14H28N2O2. The topological polar surface area (TPSA) is 55.6 Å². The molecule has 0 saturated heterocycles. The Bertz CT molecular complexity index is 279. The number of hydrogen-bond acceptors (Lipinski definition) is 3. The lowest BCUT2D eigenvalue weighted by Crippen LogP contribution is -2.47. The van der Waals surface area contributed by atoms with Crippen LogP contribution in [0.15, 0.2) is 0 Å². The number of hydrogen-bond donors (Lipinski definition) is 1. The Kier molecular flexibility index (Phi) is 5.60. The predicted octanol–water partition coefficient (Wildman–Crippen LogP) is 1.78. The molecule has 0 aliphatic heterocycles. The van der Waals surface area contributed by atoms with Crippen molar-refractivity contribution in [2.45, 2.75) is 58.7 Å². The van der Waals surface area contributed by atoms with Crippen LogP contribution in [-0.2, 0) is 9.53 Å². The SMILES string of the molecule is CCN(CC)C(=O)C(C)OC1(CN)CCC(C)C1. The van der Waals surface area contributed by atoms with E-state index in [-0.39, 0.29) is 11.5 Å². The van der Waals surface area contributed by atoms with E-state index in [4.69, 9.17) is 10.5 Å². The maximum atomic E-state index is 12.2. The van der Waals surface area contributed by atoms with Gasteiger partial charge in [0.2, 0.25) is 0 Å². The summed E-state index contributed by atoms with van der Waals surface area (Å²) in [7, 11) is 0. The highest BCUT2D eigenvalue weighted by Crippen LogP contribution is 2.37. The highest BCUT2D eigenvalue weighted by Gasteiger charge is 2.40. The fourth-order valence-corrected chi connectivity index (χ4v) is 2.91. The Hall–Kier alpha value is -0.610. The predicted molar refractivity (Wildman–Crippen MR) is 73.3 cm³/mol. The van der Waals surface area contributed by atoms with Gasteiger partial charge in [0.25, 0.3) is 5.91 Å². The average Bonchev–Trinajstić information content (AvgIpc) is 2.72. The van der Waals surface area contributed by atoms with Gasteiger partial charge < -0.3 is 15.4 Å². The van der Waals surface area contributed by atoms with Crippen LogP contribution in [-0.4, -0.2) is 42.1 Å². The first kappa shape index (κ1) is 15.4. The quantitative estimate of drug-likeness (QED) is 0.788. The van der Waals surface area contributed by atoms with Crippen LogP contribution in [0, 0.1) is 5.92 Å². The zero-order valence-electron chi connectivity index (χ0n) is 12.2. The summed E-state index contributed by atoms with van der Waals surface area (Å²) >= 11 is 0. The Morgan fingerprint density at radius 1 is 1.50 bits per heavy atom. The van der Waals surface area contributed by atoms with Crippen molar-refractivity contribution in [1.82, 2.24) is 4.90 Å². The number of nitrogens with two attached hydrogens (primary N) is 1. The van der Waals surface area contributed by atoms with Gasteiger partial charge in [-0.1, -0.05) is 6.92 Å². The first-order chi connectivity index (χ1) is 8.48. The maximum Gasteiger partial charge on any atom is 0.251 e. The normalized spacial score (nSPS) is 29.3. The molecule has 0 aromatic heterocycles. The van der Waals surface area contributed by atoms with Crippen molar-refractivity contribution in [3.8, 4) is 0 Å². The molecule has 1 saturated carbocycles. The van der Waals surface area contributed by atoms with E-state index in [1.54, 1.807) is 0 Å². The van der Waals surface area contributed by atoms with Crippen LogP contribution in [0.3, 0.4) is 0 Å². The summed E-state index contributed by atoms with van der Waals surface area (Å²) in [6.45, 7) is 10.0. The zero-order valence-corrected chi connectivity index (χ0v) is 12.2. The van der Waals surface area contributed by atoms with Gasteiger partial charge >= 0.3 is 0 Å². The lowest BCUT2D eigenvalue weighted by atomic mass is 10.0. The lowest BCUT2D eigenvalue weighted by molar-refractivity contribution is -0.154. The average molecular weight is 256 g/mol. The van der Waals surface area contributed by atoms with Gasteiger partial charge in [-0.3, -0.25) is 4.79 Å². The highest BCUT2D eigenvalue weighted by molar-refractivity contribution is 5.80. The molecule has 1 fully saturated rings. The molecular weight excluding hydrogens is 228 g/mol. The van der Waals surface area contributed by atoms with Gasteiger partial charge in [-0.25, -0.2) is 0 Å². The minimum Gasteiger partial charge on any atom is -0.361 e. The summed E-state index contributed by atoms with van der Waals surface area (Å²) in [5.41, 5.74) is 5.59. The van der Waals surface area contributed by atoms with Crippen molar-refractivity contribution >= 4 is 5.91 Å². The molecule has 0 heterocycles. The largest absolute Gasteiger partial charge is 0.361 e. The first-order valence-electron chi connectivity index (χ1n) is 7.14. The van der Waals surface area contributed by atoms with Crippen LogP contribution in [0.5, 0.6) is 0 Å². The fraction of sp³-hybridized carbons (Fsp3) is 0.929. The third kappa shape index (κ3) is 3.45. The Morgan fingerprint density at radius 2 is 2.11 bits per heavy atom. The van der Waals surface area contributed by atoms with Gasteiger partial charge in [0.05, 0.1) is 5.60 Å². The molecule has 4 nitrogen and oxygen atoms in total. The number of amides is 1. The number of likely N-dealkylation sites (N-methyl/N-ethyl adjacent to an activating group) is 1. The van der Waals surface area contributed by atoms with E-state index in [1.807, 2.05) is 25.7 Å². The number of carbonyl (C=O) groups is 1. The molecule has 1 rings (SSSR count). The molecule has 3 unspecified atom stereocenters. The second-order valence-electron chi connectivity index (χ2n) is 5.51. The van der Waals surface area contributed by atoms with Gasteiger partial charge in [0.15, 0.2) is 0 Å². The summed E-state index contributed by atoms with van der Waals surface area (Å²) in [5.74, 6) is 0.719. The van der Waals surface area contributed by atoms with E-state index in [1.165, 1.54) is 0 Å². The highest BCUT2D eigenvalue weighted by atomic mass is 16.5. The van der Waals surface area contributed by atoms with Crippen LogP contribution in [0.25, 0.3) is 0 Å². The van der Waals surface area contributed by atoms with Gasteiger partial charge in [-0.2, -0.15) is 0 Å². The van der Waals surface area contributed by atoms with Crippen molar-refractivity contribution in [3.05, 3.63) is 0 Å². The van der Waals surface area contributed by atoms with Crippen LogP contribution in [0.4, 0.5) is 0 Å². The number of carbonyl (C=O) groups excluding carboxylic acids is 1. The standard InChI is InChI=1S/C14H28N2O2/c1-5-16(6-2)13(17)12(4)18-14(10-15)8-7-11(3)9-14/h11-12H,5-10,15H2,1-4H3. The van der Waals surface area contributed by atoms with Gasteiger partial charge in [-0.15, -0.1) is 0 Å². The Labute approximate surface area is 111 Å². The van der Waals surface area contributed by atoms with Crippen molar-refractivity contribution in [1.29, 1.82) is 0 Å². The van der Waals surface area contributed by atoms with Gasteiger partial charge in [0, 0.05) is 19.6 Å². The monoisotopic (exact) mass is 256 g/mol. The summed E-state index contributed by atoms with van der Waals surface area (Å²) in [6.07, 6.45) is 2.70. The lowest BCUT2D eigenvalue weighted by Gasteiger charge is -2.33. The molecule has 106 valence electrons. The molecule has 4 heteroatoms. The zero-order chi connectivity index (χ0) is 13.8. The fourth-order valence-electron chi connectivity index (χ4n) is 2.91. The number of nitrogens with zero attached hydrogens (tertiary/aromatic N) is 1. The second kappa shape index (κ2) is 6.53. The summed E-state index contributed by atoms with van der Waals surface area (Å²) < 4.78 is 6.05. The second-order valence-corrected chi connectivity index (χ2v) is 5.51. The third-order valence-corrected chi connectivity index (χ3v) is 4.03. The number of rotatable bonds is 6. The molecule has 1 aliphatic carbocycles. The molecule has 1 aliphatic rings. The van der Waals surface area contributed by atoms with Crippen molar-refractivity contribution in [2.75, 3.05) is 19.6 Å². The van der Waals surface area contributed by atoms with Crippen molar-refractivity contribution < 1.29 is 9.53 Å². The van der Waals surface area contributed by atoms with E-state index in [0.717, 1.165) is 32.4 Å². The molecule has 0 spiro atoms. The van der Waals surface area contributed by atoms with E-state index >= 15 is 0 Å². The first-order valence-corrected chi connectivity index (χ1v) is 7.14. The Balaban J connectivity index is 2.62. The van der Waals surface area contributed by atoms with Crippen LogP contribution in [0.2, 0.25) is 0 Å². The van der Waals surface area contributed by atoms with Crippen molar-refractivity contribution in [3.63, 3.8) is 0 Å². The summed E-state index contributed by atoms with van der Waals surface area (Å²) in [5, 5.41) is 0. The van der Waals surface area contributed by atoms with E-state index < -0.39 is 6.10 Å². The van der Waals surface area contributed by atoms with Gasteiger partial charge in [0.1, 0.15) is 6.10 Å². The molecule has 1 amide bonds. The molecule has 18 heavy (non-hydrogen) atoms. The third-order valence-electron chi connectivity index (χ3n) is 4.03. The smallest absolute Gasteiger partial charge is 0.251 e. The minimum absolute atomic E-state index is 0.0763. The molecule has 3 atom stereocenters. The maximum absolute atomic E-state index is 12.2. The van der Waals surface area contributed by atoms with Crippen LogP contribution >= 0.6 is 0 Å². The van der Waals surface area contributed by atoms with Crippen LogP contribution < -0.4 is 5.73 Å². The summed E-state index contributed by atoms with van der Waals surface area (Å²) in [4.78, 5) is 14.0. The Morgan fingerprint density at radius 3 is 2.50 bits per heavy atom. The van der Waals surface area contributed by atoms with Crippen molar-refractivity contribution in [2.24, 2.45) is 11.7 Å². The minimum atomic E-state index is -0.390. The summed E-state index contributed by atoms with van der Waals surface area (Å²) in [6, 6.07) is 0. The molecule has 0 aromatic rings. The van der Waals surface area contributed by atoms with Crippen LogP contribution in [0.1, 0.15) is 47.0 Å². The molecule has 0 radical (unpaired) electrons. The van der Waals surface area contributed by atoms with E-state index in [0.29, 0.717) is 12.5 Å². The number of ether oxygens (including phenoxy) is 1. The van der Waals surface area contributed by atoms with Gasteiger partial charge in [-0.05, 0) is 46.0 Å². The molecule has 0 aromatic carbocycles.